The molecule has 3 aromatic rings. The zero-order chi connectivity index (χ0) is 23.8. The van der Waals surface area contributed by atoms with E-state index in [4.69, 9.17) is 4.84 Å². The molecule has 0 N–H and O–H groups in total. The molecule has 4 rings (SSSR count). The molecule has 0 saturated carbocycles. The summed E-state index contributed by atoms with van der Waals surface area (Å²) in [5, 5.41) is 4.66. The average Bonchev–Trinajstić information content (AvgIpc) is 3.21. The first-order chi connectivity index (χ1) is 15.7. The Morgan fingerprint density at radius 1 is 1.15 bits per heavy atom. The number of pyridine rings is 1. The standard InChI is InChI=1S/C24H20F4N2O2S/c1-14-11-21(31)30-20(22(29-32-2)15-7-4-3-5-8-15)13-33-23(30)16(14)12-17-18(24(26,27)28)9-6-10-19(17)25/h3-11,20H,12-13H2,1-2H3/b29-22+. The van der Waals surface area contributed by atoms with Gasteiger partial charge in [0.15, 0.2) is 0 Å². The van der Waals surface area contributed by atoms with Crippen LogP contribution in [0.3, 0.4) is 0 Å². The van der Waals surface area contributed by atoms with Crippen molar-refractivity contribution in [3.8, 4) is 0 Å². The summed E-state index contributed by atoms with van der Waals surface area (Å²) < 4.78 is 56.7. The summed E-state index contributed by atoms with van der Waals surface area (Å²) in [4.78, 5) is 18.0. The number of rotatable bonds is 5. The molecule has 172 valence electrons. The van der Waals surface area contributed by atoms with Gasteiger partial charge in [-0.1, -0.05) is 41.6 Å². The van der Waals surface area contributed by atoms with Crippen LogP contribution >= 0.6 is 11.8 Å². The third-order valence-corrected chi connectivity index (χ3v) is 6.77. The molecule has 4 nitrogen and oxygen atoms in total. The van der Waals surface area contributed by atoms with E-state index in [2.05, 4.69) is 5.16 Å². The molecule has 9 heteroatoms. The molecule has 2 aromatic carbocycles. The van der Waals surface area contributed by atoms with Crippen LogP contribution in [0.1, 0.15) is 33.9 Å². The molecular weight excluding hydrogens is 456 g/mol. The van der Waals surface area contributed by atoms with E-state index in [0.717, 1.165) is 23.8 Å². The number of thioether (sulfide) groups is 1. The fourth-order valence-electron chi connectivity index (χ4n) is 4.05. The molecule has 0 saturated heterocycles. The van der Waals surface area contributed by atoms with E-state index in [1.807, 2.05) is 30.3 Å². The van der Waals surface area contributed by atoms with Crippen LogP contribution in [-0.4, -0.2) is 23.1 Å². The quantitative estimate of drug-likeness (QED) is 0.273. The Bertz CT molecular complexity index is 1270. The minimum absolute atomic E-state index is 0.287. The third-order valence-electron chi connectivity index (χ3n) is 5.57. The third kappa shape index (κ3) is 4.42. The van der Waals surface area contributed by atoms with E-state index in [9.17, 15) is 22.4 Å². The van der Waals surface area contributed by atoms with E-state index >= 15 is 0 Å². The molecule has 0 fully saturated rings. The second-order valence-corrected chi connectivity index (χ2v) is 8.62. The Balaban J connectivity index is 1.84. The van der Waals surface area contributed by atoms with Crippen LogP contribution in [0.25, 0.3) is 0 Å². The van der Waals surface area contributed by atoms with Gasteiger partial charge in [-0.3, -0.25) is 9.36 Å². The number of benzene rings is 2. The molecule has 1 aromatic heterocycles. The minimum Gasteiger partial charge on any atom is -0.399 e. The molecule has 2 heterocycles. The molecule has 0 aliphatic carbocycles. The second-order valence-electron chi connectivity index (χ2n) is 7.61. The molecule has 0 amide bonds. The van der Waals surface area contributed by atoms with E-state index in [0.29, 0.717) is 27.6 Å². The zero-order valence-electron chi connectivity index (χ0n) is 17.8. The van der Waals surface area contributed by atoms with Gasteiger partial charge >= 0.3 is 6.18 Å². The van der Waals surface area contributed by atoms with E-state index in [1.165, 1.54) is 29.5 Å². The van der Waals surface area contributed by atoms with Crippen LogP contribution in [0.2, 0.25) is 0 Å². The van der Waals surface area contributed by atoms with Crippen LogP contribution in [0.5, 0.6) is 0 Å². The highest BCUT2D eigenvalue weighted by Gasteiger charge is 2.36. The van der Waals surface area contributed by atoms with E-state index in [1.54, 1.807) is 6.92 Å². The van der Waals surface area contributed by atoms with Gasteiger partial charge in [-0.15, -0.1) is 11.8 Å². The lowest BCUT2D eigenvalue weighted by molar-refractivity contribution is -0.138. The molecule has 1 unspecified atom stereocenters. The van der Waals surface area contributed by atoms with Crippen molar-refractivity contribution in [3.05, 3.63) is 98.6 Å². The summed E-state index contributed by atoms with van der Waals surface area (Å²) in [6.45, 7) is 1.65. The first-order valence-corrected chi connectivity index (χ1v) is 11.1. The molecule has 0 bridgehead atoms. The summed E-state index contributed by atoms with van der Waals surface area (Å²) in [5.74, 6) is -0.494. The molecule has 1 aliphatic rings. The van der Waals surface area contributed by atoms with Gasteiger partial charge in [0.05, 0.1) is 16.6 Å². The van der Waals surface area contributed by atoms with Crippen molar-refractivity contribution in [1.82, 2.24) is 4.57 Å². The number of hydrogen-bond donors (Lipinski definition) is 0. The lowest BCUT2D eigenvalue weighted by Crippen LogP contribution is -2.30. The predicted octanol–water partition coefficient (Wildman–Crippen LogP) is 5.60. The Labute approximate surface area is 191 Å². The van der Waals surface area contributed by atoms with Gasteiger partial charge in [-0.2, -0.15) is 13.2 Å². The lowest BCUT2D eigenvalue weighted by atomic mass is 9.96. The normalized spacial score (nSPS) is 16.1. The van der Waals surface area contributed by atoms with Gasteiger partial charge in [0, 0.05) is 29.4 Å². The lowest BCUT2D eigenvalue weighted by Gasteiger charge is -2.19. The highest BCUT2D eigenvalue weighted by atomic mass is 32.2. The highest BCUT2D eigenvalue weighted by Crippen LogP contribution is 2.40. The molecule has 33 heavy (non-hydrogen) atoms. The number of nitrogens with zero attached hydrogens (tertiary/aromatic N) is 2. The van der Waals surface area contributed by atoms with Crippen molar-refractivity contribution in [1.29, 1.82) is 0 Å². The van der Waals surface area contributed by atoms with Crippen LogP contribution in [0.4, 0.5) is 17.6 Å². The van der Waals surface area contributed by atoms with Gasteiger partial charge < -0.3 is 4.84 Å². The highest BCUT2D eigenvalue weighted by molar-refractivity contribution is 7.99. The maximum absolute atomic E-state index is 14.5. The van der Waals surface area contributed by atoms with Crippen LogP contribution in [0.15, 0.2) is 69.6 Å². The number of alkyl halides is 3. The zero-order valence-corrected chi connectivity index (χ0v) is 18.6. The number of oxime groups is 1. The summed E-state index contributed by atoms with van der Waals surface area (Å²) in [6.07, 6.45) is -4.98. The van der Waals surface area contributed by atoms with Gasteiger partial charge in [-0.05, 0) is 30.2 Å². The average molecular weight is 476 g/mol. The van der Waals surface area contributed by atoms with Gasteiger partial charge in [-0.25, -0.2) is 4.39 Å². The van der Waals surface area contributed by atoms with Crippen molar-refractivity contribution in [3.63, 3.8) is 0 Å². The summed E-state index contributed by atoms with van der Waals surface area (Å²) >= 11 is 1.34. The number of halogens is 4. The first-order valence-electron chi connectivity index (χ1n) is 10.1. The van der Waals surface area contributed by atoms with Crippen LogP contribution in [-0.2, 0) is 17.4 Å². The summed E-state index contributed by atoms with van der Waals surface area (Å²) in [7, 11) is 1.41. The van der Waals surface area contributed by atoms with Crippen LogP contribution < -0.4 is 5.56 Å². The largest absolute Gasteiger partial charge is 0.416 e. The van der Waals surface area contributed by atoms with E-state index in [-0.39, 0.29) is 12.0 Å². The monoisotopic (exact) mass is 476 g/mol. The van der Waals surface area contributed by atoms with Crippen molar-refractivity contribution in [2.75, 3.05) is 12.9 Å². The Kier molecular flexibility index (Phi) is 6.34. The molecular formula is C24H20F4N2O2S. The number of aryl methyl sites for hydroxylation is 1. The Morgan fingerprint density at radius 2 is 1.88 bits per heavy atom. The van der Waals surface area contributed by atoms with Gasteiger partial charge in [0.1, 0.15) is 18.6 Å². The molecule has 0 radical (unpaired) electrons. The molecule has 0 spiro atoms. The fraction of sp³-hybridized carbons (Fsp3) is 0.250. The van der Waals surface area contributed by atoms with Gasteiger partial charge in [0.25, 0.3) is 5.56 Å². The second kappa shape index (κ2) is 9.05. The summed E-state index contributed by atoms with van der Waals surface area (Å²) in [6, 6.07) is 13.0. The Hall–Kier alpha value is -3.07. The molecule has 1 aliphatic heterocycles. The maximum Gasteiger partial charge on any atom is 0.416 e. The summed E-state index contributed by atoms with van der Waals surface area (Å²) in [5.41, 5.74) is 0.543. The number of aromatic nitrogens is 1. The van der Waals surface area contributed by atoms with Crippen molar-refractivity contribution in [2.45, 2.75) is 30.6 Å². The smallest absolute Gasteiger partial charge is 0.399 e. The fourth-order valence-corrected chi connectivity index (χ4v) is 5.44. The number of hydrogen-bond acceptors (Lipinski definition) is 4. The van der Waals surface area contributed by atoms with Crippen molar-refractivity contribution < 1.29 is 22.4 Å². The topological polar surface area (TPSA) is 43.6 Å². The minimum atomic E-state index is -4.69. The maximum atomic E-state index is 14.5. The first kappa shape index (κ1) is 23.1. The molecule has 1 atom stereocenters. The van der Waals surface area contributed by atoms with Gasteiger partial charge in [0.2, 0.25) is 0 Å². The van der Waals surface area contributed by atoms with Crippen molar-refractivity contribution >= 4 is 17.5 Å². The Morgan fingerprint density at radius 3 is 2.55 bits per heavy atom. The van der Waals surface area contributed by atoms with E-state index < -0.39 is 29.2 Å². The SMILES string of the molecule is CO/N=C(\c1ccccc1)C1CSc2c(Cc3c(F)cccc3C(F)(F)F)c(C)cc(=O)n21. The van der Waals surface area contributed by atoms with Crippen LogP contribution in [0, 0.1) is 12.7 Å². The number of fused-ring (bicyclic) bond motifs is 1. The predicted molar refractivity (Wildman–Crippen MR) is 119 cm³/mol. The van der Waals surface area contributed by atoms with Crippen molar-refractivity contribution in [2.24, 2.45) is 5.16 Å².